The number of nitrogens with one attached hydrogen (secondary N) is 1. The Morgan fingerprint density at radius 1 is 0.422 bits per heavy atom. The minimum Gasteiger partial charge on any atom is -0.324 e. The molecule has 8 aromatic carbocycles. The van der Waals surface area contributed by atoms with Crippen LogP contribution in [0.25, 0.3) is 76.6 Å². The lowest BCUT2D eigenvalue weighted by molar-refractivity contribution is 0.661. The van der Waals surface area contributed by atoms with Crippen molar-refractivity contribution in [3.8, 4) is 56.4 Å². The van der Waals surface area contributed by atoms with Crippen LogP contribution < -0.4 is 5.32 Å². The molecule has 64 heavy (non-hydrogen) atoms. The number of hydrogen-bond acceptors (Lipinski definition) is 7. The lowest BCUT2D eigenvalue weighted by Crippen LogP contribution is -2.36. The van der Waals surface area contributed by atoms with Crippen LogP contribution in [0, 0.1) is 0 Å². The van der Waals surface area contributed by atoms with Crippen LogP contribution in [0.15, 0.2) is 204 Å². The van der Waals surface area contributed by atoms with Gasteiger partial charge in [-0.1, -0.05) is 196 Å². The zero-order valence-electron chi connectivity index (χ0n) is 35.2. The van der Waals surface area contributed by atoms with Gasteiger partial charge in [0.15, 0.2) is 23.6 Å². The molecular formula is C57H40N6S. The van der Waals surface area contributed by atoms with Crippen LogP contribution in [0.1, 0.15) is 47.8 Å². The van der Waals surface area contributed by atoms with Crippen LogP contribution in [0.5, 0.6) is 0 Å². The average molecular weight is 841 g/mol. The van der Waals surface area contributed by atoms with Gasteiger partial charge >= 0.3 is 0 Å². The van der Waals surface area contributed by atoms with Gasteiger partial charge in [-0.15, -0.1) is 11.3 Å². The molecule has 0 bridgehead atoms. The maximum atomic E-state index is 5.33. The Hall–Kier alpha value is -7.87. The van der Waals surface area contributed by atoms with Gasteiger partial charge in [0.2, 0.25) is 0 Å². The molecule has 6 nitrogen and oxygen atoms in total. The van der Waals surface area contributed by atoms with Crippen LogP contribution in [0.4, 0.5) is 0 Å². The summed E-state index contributed by atoms with van der Waals surface area (Å²) in [6, 6.07) is 67.8. The fourth-order valence-electron chi connectivity index (χ4n) is 9.36. The Kier molecular flexibility index (Phi) is 8.98. The SMILES string of the molecule is CC1(C)c2ccccc2-c2cc3c(cc21)sc1c(-c2ccc(C4=NC(c5ccccc5-c5nc(-c6ccccc6)nc(-c6ccccc6)n5)N=C(c5ccccc5)N4)cc2)cccc13. The molecule has 304 valence electrons. The molecule has 0 radical (unpaired) electrons. The fourth-order valence-corrected chi connectivity index (χ4v) is 10.6. The molecule has 3 heterocycles. The van der Waals surface area contributed by atoms with Gasteiger partial charge in [0.1, 0.15) is 11.7 Å². The maximum Gasteiger partial charge on any atom is 0.170 e. The van der Waals surface area contributed by atoms with E-state index in [9.17, 15) is 0 Å². The highest BCUT2D eigenvalue weighted by atomic mass is 32.1. The third kappa shape index (κ3) is 6.43. The van der Waals surface area contributed by atoms with E-state index in [0.717, 1.165) is 50.6 Å². The van der Waals surface area contributed by atoms with Crippen molar-refractivity contribution in [1.29, 1.82) is 0 Å². The number of thiophene rings is 1. The van der Waals surface area contributed by atoms with Gasteiger partial charge in [0.05, 0.1) is 0 Å². The normalized spacial score (nSPS) is 15.0. The molecule has 10 aromatic rings. The number of hydrogen-bond donors (Lipinski definition) is 1. The smallest absolute Gasteiger partial charge is 0.170 e. The maximum absolute atomic E-state index is 5.33. The van der Waals surface area contributed by atoms with Gasteiger partial charge in [-0.05, 0) is 45.5 Å². The van der Waals surface area contributed by atoms with Crippen LogP contribution in [-0.2, 0) is 5.41 Å². The molecule has 0 fully saturated rings. The Morgan fingerprint density at radius 3 is 1.62 bits per heavy atom. The van der Waals surface area contributed by atoms with Crippen molar-refractivity contribution in [3.63, 3.8) is 0 Å². The standard InChI is InChI=1S/C57H40N6S/c1-57(2)47-28-15-14-23-41(47)45-33-46-42-27-16-26-40(50(42)64-49(46)34-48(45)57)35-29-31-39(32-30-35)54-59-53(38-21-10-5-11-22-38)62-56(63-54)44-25-13-12-24-43(44)55-60-51(36-17-6-3-7-18-36)58-52(61-55)37-19-8-4-9-20-37/h3-34,56H,1-2H3,(H,59,62,63). The van der Waals surface area contributed by atoms with Crippen molar-refractivity contribution in [1.82, 2.24) is 20.3 Å². The van der Waals surface area contributed by atoms with Crippen molar-refractivity contribution in [3.05, 3.63) is 222 Å². The van der Waals surface area contributed by atoms with E-state index in [-0.39, 0.29) is 5.41 Å². The van der Waals surface area contributed by atoms with Crippen molar-refractivity contribution in [2.45, 2.75) is 25.4 Å². The third-order valence-electron chi connectivity index (χ3n) is 12.6. The number of fused-ring (bicyclic) bond motifs is 6. The second-order valence-electron chi connectivity index (χ2n) is 16.9. The second-order valence-corrected chi connectivity index (χ2v) is 17.9. The first-order valence-corrected chi connectivity index (χ1v) is 22.4. The third-order valence-corrected chi connectivity index (χ3v) is 13.8. The summed E-state index contributed by atoms with van der Waals surface area (Å²) in [5, 5.41) is 6.21. The Bertz CT molecular complexity index is 3430. The summed E-state index contributed by atoms with van der Waals surface area (Å²) in [5.41, 5.74) is 13.4. The van der Waals surface area contributed by atoms with E-state index in [1.165, 1.54) is 48.0 Å². The molecule has 1 atom stereocenters. The molecular weight excluding hydrogens is 801 g/mol. The van der Waals surface area contributed by atoms with Gasteiger partial charge in [-0.3, -0.25) is 0 Å². The summed E-state index contributed by atoms with van der Waals surface area (Å²) < 4.78 is 2.62. The van der Waals surface area contributed by atoms with Crippen LogP contribution in [0.2, 0.25) is 0 Å². The first-order valence-electron chi connectivity index (χ1n) is 21.6. The van der Waals surface area contributed by atoms with Gasteiger partial charge in [-0.25, -0.2) is 24.9 Å². The van der Waals surface area contributed by atoms with E-state index in [1.54, 1.807) is 0 Å². The lowest BCUT2D eigenvalue weighted by atomic mass is 9.82. The summed E-state index contributed by atoms with van der Waals surface area (Å²) >= 11 is 1.89. The minimum atomic E-state index is -0.578. The fraction of sp³-hybridized carbons (Fsp3) is 0.0702. The summed E-state index contributed by atoms with van der Waals surface area (Å²) in [7, 11) is 0. The summed E-state index contributed by atoms with van der Waals surface area (Å²) in [5.74, 6) is 3.25. The summed E-state index contributed by atoms with van der Waals surface area (Å²) in [4.78, 5) is 25.7. The predicted octanol–water partition coefficient (Wildman–Crippen LogP) is 13.7. The molecule has 1 unspecified atom stereocenters. The van der Waals surface area contributed by atoms with E-state index >= 15 is 0 Å². The zero-order valence-corrected chi connectivity index (χ0v) is 36.0. The highest BCUT2D eigenvalue weighted by molar-refractivity contribution is 7.26. The summed E-state index contributed by atoms with van der Waals surface area (Å²) in [6.45, 7) is 4.70. The van der Waals surface area contributed by atoms with Gasteiger partial charge in [-0.2, -0.15) is 0 Å². The van der Waals surface area contributed by atoms with Crippen LogP contribution >= 0.6 is 11.3 Å². The van der Waals surface area contributed by atoms with Crippen molar-refractivity contribution >= 4 is 43.2 Å². The van der Waals surface area contributed by atoms with Crippen molar-refractivity contribution in [2.24, 2.45) is 9.98 Å². The van der Waals surface area contributed by atoms with Crippen molar-refractivity contribution < 1.29 is 0 Å². The Balaban J connectivity index is 0.939. The molecule has 1 N–H and O–H groups in total. The minimum absolute atomic E-state index is 0.0401. The first kappa shape index (κ1) is 37.9. The molecule has 0 amide bonds. The Morgan fingerprint density at radius 2 is 0.953 bits per heavy atom. The zero-order chi connectivity index (χ0) is 42.8. The van der Waals surface area contributed by atoms with E-state index in [0.29, 0.717) is 17.5 Å². The number of amidine groups is 2. The molecule has 1 aliphatic carbocycles. The van der Waals surface area contributed by atoms with Crippen LogP contribution in [0.3, 0.4) is 0 Å². The van der Waals surface area contributed by atoms with E-state index < -0.39 is 6.17 Å². The molecule has 0 saturated heterocycles. The molecule has 12 rings (SSSR count). The number of aliphatic imine (C=N–C) groups is 2. The molecule has 2 aromatic heterocycles. The molecule has 1 aliphatic heterocycles. The topological polar surface area (TPSA) is 75.4 Å². The number of nitrogens with zero attached hydrogens (tertiary/aromatic N) is 5. The van der Waals surface area contributed by atoms with Gasteiger partial charge in [0.25, 0.3) is 0 Å². The van der Waals surface area contributed by atoms with E-state index in [2.05, 4.69) is 122 Å². The number of benzene rings is 8. The monoisotopic (exact) mass is 840 g/mol. The number of rotatable bonds is 7. The largest absolute Gasteiger partial charge is 0.324 e. The highest BCUT2D eigenvalue weighted by Crippen LogP contribution is 2.52. The predicted molar refractivity (Wildman–Crippen MR) is 264 cm³/mol. The average Bonchev–Trinajstić information content (AvgIpc) is 3.84. The number of aromatic nitrogens is 3. The van der Waals surface area contributed by atoms with Crippen LogP contribution in [-0.4, -0.2) is 26.6 Å². The Labute approximate surface area is 375 Å². The van der Waals surface area contributed by atoms with E-state index in [1.807, 2.05) is 102 Å². The van der Waals surface area contributed by atoms with Gasteiger partial charge in [0, 0.05) is 59.0 Å². The molecule has 0 spiro atoms. The molecule has 0 saturated carbocycles. The van der Waals surface area contributed by atoms with E-state index in [4.69, 9.17) is 24.9 Å². The first-order chi connectivity index (χ1) is 31.5. The van der Waals surface area contributed by atoms with Gasteiger partial charge < -0.3 is 5.32 Å². The lowest BCUT2D eigenvalue weighted by Gasteiger charge is -2.23. The van der Waals surface area contributed by atoms with Crippen molar-refractivity contribution in [2.75, 3.05) is 0 Å². The second kappa shape index (κ2) is 15.2. The molecule has 2 aliphatic rings. The summed E-state index contributed by atoms with van der Waals surface area (Å²) in [6.07, 6.45) is -0.578. The molecule has 7 heteroatoms. The quantitative estimate of drug-likeness (QED) is 0.173. The highest BCUT2D eigenvalue weighted by Gasteiger charge is 2.36.